The van der Waals surface area contributed by atoms with E-state index in [1.54, 1.807) is 18.2 Å². The summed E-state index contributed by atoms with van der Waals surface area (Å²) in [5.74, 6) is 0.784. The van der Waals surface area contributed by atoms with E-state index in [0.29, 0.717) is 12.1 Å². The highest BCUT2D eigenvalue weighted by Crippen LogP contribution is 2.14. The first-order chi connectivity index (χ1) is 13.7. The molecule has 1 saturated heterocycles. The number of rotatable bonds is 6. The molecule has 1 N–H and O–H groups in total. The maximum absolute atomic E-state index is 12.0. The van der Waals surface area contributed by atoms with Gasteiger partial charge in [-0.2, -0.15) is 5.26 Å². The first-order valence-corrected chi connectivity index (χ1v) is 9.57. The van der Waals surface area contributed by atoms with E-state index in [4.69, 9.17) is 5.26 Å². The summed E-state index contributed by atoms with van der Waals surface area (Å²) in [5.41, 5.74) is 2.23. The number of hydrogen-bond donors (Lipinski definition) is 1. The van der Waals surface area contributed by atoms with Gasteiger partial charge in [0, 0.05) is 45.0 Å². The van der Waals surface area contributed by atoms with Crippen LogP contribution < -0.4 is 10.2 Å². The van der Waals surface area contributed by atoms with Gasteiger partial charge in [0.2, 0.25) is 5.91 Å². The van der Waals surface area contributed by atoms with Crippen LogP contribution in [0.4, 0.5) is 5.82 Å². The number of nitrogens with one attached hydrogen (secondary N) is 1. The lowest BCUT2D eigenvalue weighted by Crippen LogP contribution is -2.46. The molecule has 1 fully saturated rings. The smallest absolute Gasteiger partial charge is 0.244 e. The summed E-state index contributed by atoms with van der Waals surface area (Å²) >= 11 is 0. The Balaban J connectivity index is 1.50. The highest BCUT2D eigenvalue weighted by Gasteiger charge is 2.16. The van der Waals surface area contributed by atoms with Gasteiger partial charge in [0.25, 0.3) is 0 Å². The number of nitriles is 1. The SMILES string of the molecule is CCN1CCN(c2ccc(CNC(=O)/C=C/c3ccccc3C#N)cn2)CC1. The van der Waals surface area contributed by atoms with E-state index in [-0.39, 0.29) is 5.91 Å². The fourth-order valence-corrected chi connectivity index (χ4v) is 3.16. The number of carbonyl (C=O) groups is 1. The molecule has 28 heavy (non-hydrogen) atoms. The molecule has 1 aromatic heterocycles. The van der Waals surface area contributed by atoms with Crippen LogP contribution in [-0.4, -0.2) is 48.5 Å². The number of likely N-dealkylation sites (N-methyl/N-ethyl adjacent to an activating group) is 1. The Kier molecular flexibility index (Phi) is 6.77. The zero-order chi connectivity index (χ0) is 19.8. The maximum atomic E-state index is 12.0. The molecule has 0 spiro atoms. The van der Waals surface area contributed by atoms with Crippen molar-refractivity contribution in [2.75, 3.05) is 37.6 Å². The first-order valence-electron chi connectivity index (χ1n) is 9.57. The number of anilines is 1. The van der Waals surface area contributed by atoms with Gasteiger partial charge < -0.3 is 15.1 Å². The van der Waals surface area contributed by atoms with Gasteiger partial charge in [-0.3, -0.25) is 4.79 Å². The molecule has 0 atom stereocenters. The fourth-order valence-electron chi connectivity index (χ4n) is 3.16. The predicted molar refractivity (Wildman–Crippen MR) is 111 cm³/mol. The molecule has 1 aromatic carbocycles. The minimum Gasteiger partial charge on any atom is -0.354 e. The molecule has 3 rings (SSSR count). The highest BCUT2D eigenvalue weighted by molar-refractivity contribution is 5.92. The molecule has 1 aliphatic rings. The quantitative estimate of drug-likeness (QED) is 0.785. The minimum atomic E-state index is -0.201. The number of amides is 1. The van der Waals surface area contributed by atoms with Crippen LogP contribution in [0.3, 0.4) is 0 Å². The van der Waals surface area contributed by atoms with Crippen LogP contribution in [0.2, 0.25) is 0 Å². The number of hydrogen-bond acceptors (Lipinski definition) is 5. The van der Waals surface area contributed by atoms with Crippen LogP contribution in [0, 0.1) is 11.3 Å². The van der Waals surface area contributed by atoms with Gasteiger partial charge in [-0.25, -0.2) is 4.98 Å². The molecule has 0 saturated carbocycles. The zero-order valence-electron chi connectivity index (χ0n) is 16.1. The fraction of sp³-hybridized carbons (Fsp3) is 0.318. The van der Waals surface area contributed by atoms with Crippen molar-refractivity contribution < 1.29 is 4.79 Å². The van der Waals surface area contributed by atoms with Gasteiger partial charge in [0.05, 0.1) is 11.6 Å². The summed E-state index contributed by atoms with van der Waals surface area (Å²) < 4.78 is 0. The summed E-state index contributed by atoms with van der Waals surface area (Å²) in [6, 6.07) is 13.3. The lowest BCUT2D eigenvalue weighted by Gasteiger charge is -2.34. The van der Waals surface area contributed by atoms with Crippen LogP contribution in [0.5, 0.6) is 0 Å². The number of nitrogens with zero attached hydrogens (tertiary/aromatic N) is 4. The largest absolute Gasteiger partial charge is 0.354 e. The molecule has 144 valence electrons. The Labute approximate surface area is 166 Å². The Morgan fingerprint density at radius 1 is 1.21 bits per heavy atom. The second-order valence-corrected chi connectivity index (χ2v) is 6.70. The average Bonchev–Trinajstić information content (AvgIpc) is 2.77. The number of aromatic nitrogens is 1. The Bertz CT molecular complexity index is 861. The molecule has 6 nitrogen and oxygen atoms in total. The van der Waals surface area contributed by atoms with E-state index in [1.165, 1.54) is 6.08 Å². The lowest BCUT2D eigenvalue weighted by molar-refractivity contribution is -0.116. The Morgan fingerprint density at radius 3 is 2.68 bits per heavy atom. The number of piperazine rings is 1. The van der Waals surface area contributed by atoms with Crippen LogP contribution in [-0.2, 0) is 11.3 Å². The third-order valence-corrected chi connectivity index (χ3v) is 4.91. The van der Waals surface area contributed by atoms with Crippen molar-refractivity contribution in [2.24, 2.45) is 0 Å². The second kappa shape index (κ2) is 9.67. The summed E-state index contributed by atoms with van der Waals surface area (Å²) in [4.78, 5) is 21.3. The molecule has 0 radical (unpaired) electrons. The van der Waals surface area contributed by atoms with Crippen molar-refractivity contribution >= 4 is 17.8 Å². The van der Waals surface area contributed by atoms with Crippen molar-refractivity contribution in [3.8, 4) is 6.07 Å². The second-order valence-electron chi connectivity index (χ2n) is 6.70. The van der Waals surface area contributed by atoms with Crippen molar-refractivity contribution in [1.82, 2.24) is 15.2 Å². The van der Waals surface area contributed by atoms with E-state index in [1.807, 2.05) is 30.5 Å². The molecule has 2 heterocycles. The van der Waals surface area contributed by atoms with E-state index in [2.05, 4.69) is 33.1 Å². The Morgan fingerprint density at radius 2 is 2.00 bits per heavy atom. The van der Waals surface area contributed by atoms with E-state index in [0.717, 1.165) is 49.7 Å². The molecule has 0 bridgehead atoms. The highest BCUT2D eigenvalue weighted by atomic mass is 16.1. The van der Waals surface area contributed by atoms with Crippen molar-refractivity contribution in [2.45, 2.75) is 13.5 Å². The third-order valence-electron chi connectivity index (χ3n) is 4.91. The normalized spacial score (nSPS) is 14.8. The molecule has 1 aliphatic heterocycles. The van der Waals surface area contributed by atoms with Gasteiger partial charge in [0.15, 0.2) is 0 Å². The monoisotopic (exact) mass is 375 g/mol. The van der Waals surface area contributed by atoms with Crippen molar-refractivity contribution in [3.63, 3.8) is 0 Å². The maximum Gasteiger partial charge on any atom is 0.244 e. The molecule has 1 amide bonds. The van der Waals surface area contributed by atoms with E-state index >= 15 is 0 Å². The summed E-state index contributed by atoms with van der Waals surface area (Å²) in [7, 11) is 0. The number of carbonyl (C=O) groups excluding carboxylic acids is 1. The topological polar surface area (TPSA) is 72.3 Å². The zero-order valence-corrected chi connectivity index (χ0v) is 16.1. The molecule has 6 heteroatoms. The summed E-state index contributed by atoms with van der Waals surface area (Å²) in [6.07, 6.45) is 4.92. The van der Waals surface area contributed by atoms with Gasteiger partial charge in [-0.15, -0.1) is 0 Å². The van der Waals surface area contributed by atoms with Gasteiger partial charge in [0.1, 0.15) is 5.82 Å². The van der Waals surface area contributed by atoms with Gasteiger partial charge in [-0.1, -0.05) is 31.2 Å². The lowest BCUT2D eigenvalue weighted by atomic mass is 10.1. The van der Waals surface area contributed by atoms with Crippen LogP contribution >= 0.6 is 0 Å². The van der Waals surface area contributed by atoms with E-state index in [9.17, 15) is 4.79 Å². The third kappa shape index (κ3) is 5.18. The summed E-state index contributed by atoms with van der Waals surface area (Å²) in [6.45, 7) is 7.82. The Hall–Kier alpha value is -3.17. The molecule has 0 unspecified atom stereocenters. The van der Waals surface area contributed by atoms with Gasteiger partial charge >= 0.3 is 0 Å². The standard InChI is InChI=1S/C22H25N5O/c1-2-26-11-13-27(14-12-26)21-9-7-18(16-24-21)17-25-22(28)10-8-19-5-3-4-6-20(19)15-23/h3-10,16H,2,11-14,17H2,1H3,(H,25,28)/b10-8+. The van der Waals surface area contributed by atoms with Crippen LogP contribution in [0.1, 0.15) is 23.6 Å². The van der Waals surface area contributed by atoms with E-state index < -0.39 is 0 Å². The minimum absolute atomic E-state index is 0.201. The molecular formula is C22H25N5O. The van der Waals surface area contributed by atoms with Crippen LogP contribution in [0.15, 0.2) is 48.7 Å². The predicted octanol–water partition coefficient (Wildman–Crippen LogP) is 2.42. The van der Waals surface area contributed by atoms with Crippen molar-refractivity contribution in [1.29, 1.82) is 5.26 Å². The number of benzene rings is 1. The first kappa shape index (κ1) is 19.6. The van der Waals surface area contributed by atoms with Crippen LogP contribution in [0.25, 0.3) is 6.08 Å². The molecular weight excluding hydrogens is 350 g/mol. The van der Waals surface area contributed by atoms with Gasteiger partial charge in [-0.05, 0) is 35.9 Å². The average molecular weight is 375 g/mol. The molecule has 2 aromatic rings. The molecule has 0 aliphatic carbocycles. The number of pyridine rings is 1. The summed E-state index contributed by atoms with van der Waals surface area (Å²) in [5, 5.41) is 11.9. The van der Waals surface area contributed by atoms with Crippen molar-refractivity contribution in [3.05, 3.63) is 65.4 Å².